The molecule has 1 fully saturated rings. The molecule has 3 aliphatic carbocycles. The maximum atomic E-state index is 13.8. The van der Waals surface area contributed by atoms with E-state index >= 15 is 0 Å². The van der Waals surface area contributed by atoms with Crippen LogP contribution in [-0.2, 0) is 9.22 Å². The molecule has 0 saturated heterocycles. The number of carbonyl (C=O) groups excluding carboxylic acids is 1. The molecule has 0 N–H and O–H groups in total. The number of ketones is 1. The third kappa shape index (κ3) is 5.41. The minimum Gasteiger partial charge on any atom is -0.410 e. The van der Waals surface area contributed by atoms with Crippen LogP contribution in [0, 0.1) is 23.7 Å². The summed E-state index contributed by atoms with van der Waals surface area (Å²) in [6.07, 6.45) is 8.73. The summed E-state index contributed by atoms with van der Waals surface area (Å²) >= 11 is 0. The minimum absolute atomic E-state index is 0.0809. The van der Waals surface area contributed by atoms with Crippen LogP contribution in [0.15, 0.2) is 35.5 Å². The Balaban J connectivity index is 2.58. The van der Waals surface area contributed by atoms with E-state index in [4.69, 9.17) is 4.43 Å². The van der Waals surface area contributed by atoms with Gasteiger partial charge in [0.15, 0.2) is 8.32 Å². The SMILES string of the molecule is C=C(C)[C@H]1C[C@H]2C/C=C(/C)CC/C=C(/C)[C@H](O[Si](C)(C)C(C)(C)C)[C@@H]1C(=O)[C@H]2C. The molecule has 1 saturated carbocycles. The topological polar surface area (TPSA) is 26.3 Å². The van der Waals surface area contributed by atoms with Crippen LogP contribution in [0.4, 0.5) is 0 Å². The quantitative estimate of drug-likeness (QED) is 0.352. The summed E-state index contributed by atoms with van der Waals surface area (Å²) in [7, 11) is -2.03. The van der Waals surface area contributed by atoms with Crippen molar-refractivity contribution in [2.24, 2.45) is 23.7 Å². The molecule has 3 aliphatic rings. The molecule has 0 amide bonds. The first-order valence-corrected chi connectivity index (χ1v) is 14.4. The fraction of sp³-hybridized carbons (Fsp3) is 0.731. The molecular weight excluding hydrogens is 372 g/mol. The summed E-state index contributed by atoms with van der Waals surface area (Å²) in [6, 6.07) is 0. The average molecular weight is 417 g/mol. The van der Waals surface area contributed by atoms with Crippen molar-refractivity contribution < 1.29 is 9.22 Å². The molecule has 3 heteroatoms. The summed E-state index contributed by atoms with van der Waals surface area (Å²) < 4.78 is 7.01. The Bertz CT molecular complexity index is 692. The fourth-order valence-corrected chi connectivity index (χ4v) is 5.94. The molecule has 0 aromatic carbocycles. The van der Waals surface area contributed by atoms with Gasteiger partial charge in [0.2, 0.25) is 0 Å². The number of hydrogen-bond acceptors (Lipinski definition) is 2. The molecule has 0 aliphatic heterocycles. The Kier molecular flexibility index (Phi) is 7.60. The highest BCUT2D eigenvalue weighted by Crippen LogP contribution is 2.46. The van der Waals surface area contributed by atoms with E-state index in [-0.39, 0.29) is 28.9 Å². The number of carbonyl (C=O) groups is 1. The fourth-order valence-electron chi connectivity index (χ4n) is 4.62. The lowest BCUT2D eigenvalue weighted by molar-refractivity contribution is -0.136. The molecular formula is C26H44O2Si. The van der Waals surface area contributed by atoms with Crippen molar-refractivity contribution in [1.82, 2.24) is 0 Å². The molecule has 5 atom stereocenters. The highest BCUT2D eigenvalue weighted by atomic mass is 28.4. The van der Waals surface area contributed by atoms with E-state index in [1.165, 1.54) is 11.1 Å². The van der Waals surface area contributed by atoms with Gasteiger partial charge in [0.1, 0.15) is 5.78 Å². The number of allylic oxidation sites excluding steroid dienone is 4. The lowest BCUT2D eigenvalue weighted by atomic mass is 9.62. The molecule has 0 radical (unpaired) electrons. The van der Waals surface area contributed by atoms with Crippen molar-refractivity contribution >= 4 is 14.1 Å². The second kappa shape index (κ2) is 9.06. The van der Waals surface area contributed by atoms with Crippen molar-refractivity contribution in [2.45, 2.75) is 98.4 Å². The van der Waals surface area contributed by atoms with Gasteiger partial charge in [-0.05, 0) is 82.0 Å². The third-order valence-electron chi connectivity index (χ3n) is 7.88. The van der Waals surface area contributed by atoms with E-state index in [2.05, 4.69) is 80.3 Å². The van der Waals surface area contributed by atoms with Crippen LogP contribution in [0.5, 0.6) is 0 Å². The summed E-state index contributed by atoms with van der Waals surface area (Å²) in [5.41, 5.74) is 3.80. The maximum absolute atomic E-state index is 13.8. The van der Waals surface area contributed by atoms with Crippen LogP contribution in [-0.4, -0.2) is 20.2 Å². The van der Waals surface area contributed by atoms with E-state index in [1.54, 1.807) is 0 Å². The Morgan fingerprint density at radius 1 is 1.21 bits per heavy atom. The van der Waals surface area contributed by atoms with Gasteiger partial charge in [0.05, 0.1) is 12.0 Å². The van der Waals surface area contributed by atoms with Gasteiger partial charge >= 0.3 is 0 Å². The molecule has 164 valence electrons. The van der Waals surface area contributed by atoms with Crippen LogP contribution in [0.3, 0.4) is 0 Å². The van der Waals surface area contributed by atoms with Gasteiger partial charge in [-0.2, -0.15) is 0 Å². The van der Waals surface area contributed by atoms with Gasteiger partial charge < -0.3 is 4.43 Å². The summed E-state index contributed by atoms with van der Waals surface area (Å²) in [4.78, 5) is 13.8. The molecule has 0 unspecified atom stereocenters. The van der Waals surface area contributed by atoms with Crippen LogP contribution >= 0.6 is 0 Å². The largest absolute Gasteiger partial charge is 0.410 e. The number of Topliss-reactive ketones (excluding diaryl/α,β-unsaturated/α-hetero) is 1. The summed E-state index contributed by atoms with van der Waals surface area (Å²) in [5, 5.41) is 0.112. The first kappa shape index (κ1) is 24.3. The van der Waals surface area contributed by atoms with E-state index in [0.717, 1.165) is 31.3 Å². The van der Waals surface area contributed by atoms with Gasteiger partial charge in [-0.15, -0.1) is 0 Å². The molecule has 29 heavy (non-hydrogen) atoms. The Hall–Kier alpha value is -0.933. The Labute approximate surface area is 181 Å². The molecule has 3 rings (SSSR count). The smallest absolute Gasteiger partial charge is 0.192 e. The van der Waals surface area contributed by atoms with E-state index in [9.17, 15) is 4.79 Å². The van der Waals surface area contributed by atoms with Gasteiger partial charge in [-0.1, -0.05) is 57.6 Å². The zero-order valence-corrected chi connectivity index (χ0v) is 21.4. The Morgan fingerprint density at radius 3 is 2.38 bits per heavy atom. The predicted octanol–water partition coefficient (Wildman–Crippen LogP) is 7.49. The zero-order valence-electron chi connectivity index (χ0n) is 20.4. The summed E-state index contributed by atoms with van der Waals surface area (Å²) in [6.45, 7) is 24.4. The van der Waals surface area contributed by atoms with Gasteiger partial charge in [0.25, 0.3) is 0 Å². The second-order valence-electron chi connectivity index (χ2n) is 11.2. The van der Waals surface area contributed by atoms with Crippen molar-refractivity contribution in [2.75, 3.05) is 0 Å². The molecule has 0 heterocycles. The first-order valence-electron chi connectivity index (χ1n) is 11.5. The molecule has 2 bridgehead atoms. The lowest BCUT2D eigenvalue weighted by Crippen LogP contribution is -2.52. The molecule has 0 aromatic heterocycles. The van der Waals surface area contributed by atoms with Crippen molar-refractivity contribution in [3.8, 4) is 0 Å². The van der Waals surface area contributed by atoms with E-state index in [0.29, 0.717) is 11.7 Å². The number of rotatable bonds is 3. The van der Waals surface area contributed by atoms with Gasteiger partial charge in [-0.25, -0.2) is 0 Å². The first-order chi connectivity index (χ1) is 13.3. The zero-order chi connectivity index (χ0) is 22.1. The lowest BCUT2D eigenvalue weighted by Gasteiger charge is -2.47. The third-order valence-corrected chi connectivity index (χ3v) is 12.3. The van der Waals surface area contributed by atoms with E-state index in [1.807, 2.05) is 0 Å². The highest BCUT2D eigenvalue weighted by molar-refractivity contribution is 6.74. The van der Waals surface area contributed by atoms with Crippen LogP contribution in [0.1, 0.15) is 74.1 Å². The molecule has 0 aromatic rings. The second-order valence-corrected chi connectivity index (χ2v) is 16.0. The average Bonchev–Trinajstić information content (AvgIpc) is 2.59. The standard InChI is InChI=1S/C26H44O2Si/c1-17(2)22-16-21-15-14-18(3)12-11-13-19(4)25(23(22)24(27)20(21)5)28-29(9,10)26(6,7)8/h13-14,20-23,25H,1,11-12,15-16H2,2-10H3/b18-14-,19-13-/t20-,21+,22+,23-,25-/m0/s1. The maximum Gasteiger partial charge on any atom is 0.192 e. The Morgan fingerprint density at radius 2 is 1.83 bits per heavy atom. The van der Waals surface area contributed by atoms with Gasteiger partial charge in [-0.3, -0.25) is 4.79 Å². The predicted molar refractivity (Wildman–Crippen MR) is 128 cm³/mol. The van der Waals surface area contributed by atoms with Crippen LogP contribution in [0.2, 0.25) is 18.1 Å². The number of fused-ring (bicyclic) bond motifs is 7. The number of hydrogen-bond donors (Lipinski definition) is 0. The normalized spacial score (nSPS) is 35.8. The minimum atomic E-state index is -2.03. The summed E-state index contributed by atoms with van der Waals surface area (Å²) in [5.74, 6) is 0.978. The van der Waals surface area contributed by atoms with Crippen molar-refractivity contribution in [1.29, 1.82) is 0 Å². The van der Waals surface area contributed by atoms with Crippen molar-refractivity contribution in [3.63, 3.8) is 0 Å². The van der Waals surface area contributed by atoms with E-state index < -0.39 is 8.32 Å². The monoisotopic (exact) mass is 416 g/mol. The van der Waals surface area contributed by atoms with Crippen molar-refractivity contribution in [3.05, 3.63) is 35.5 Å². The van der Waals surface area contributed by atoms with Crippen LogP contribution in [0.25, 0.3) is 0 Å². The molecule has 2 nitrogen and oxygen atoms in total. The van der Waals surface area contributed by atoms with Gasteiger partial charge in [0, 0.05) is 5.92 Å². The van der Waals surface area contributed by atoms with Crippen LogP contribution < -0.4 is 0 Å². The highest BCUT2D eigenvalue weighted by Gasteiger charge is 2.49. The molecule has 0 spiro atoms.